The van der Waals surface area contributed by atoms with Gasteiger partial charge in [-0.1, -0.05) is 30.3 Å². The fourth-order valence-corrected chi connectivity index (χ4v) is 3.40. The lowest BCUT2D eigenvalue weighted by Crippen LogP contribution is -2.40. The van der Waals surface area contributed by atoms with Gasteiger partial charge in [0.1, 0.15) is 23.7 Å². The summed E-state index contributed by atoms with van der Waals surface area (Å²) in [5.74, 6) is 0.441. The van der Waals surface area contributed by atoms with Gasteiger partial charge in [-0.3, -0.25) is 4.79 Å². The first-order chi connectivity index (χ1) is 14.7. The molecule has 2 N–H and O–H groups in total. The first-order valence-electron chi connectivity index (χ1n) is 10.5. The van der Waals surface area contributed by atoms with Crippen LogP contribution in [0.5, 0.6) is 11.5 Å². The van der Waals surface area contributed by atoms with Crippen molar-refractivity contribution in [2.45, 2.75) is 51.9 Å². The van der Waals surface area contributed by atoms with Gasteiger partial charge in [0.05, 0.1) is 6.42 Å². The third kappa shape index (κ3) is 6.91. The monoisotopic (exact) mass is 426 g/mol. The van der Waals surface area contributed by atoms with Crippen LogP contribution in [0.4, 0.5) is 4.79 Å². The summed E-state index contributed by atoms with van der Waals surface area (Å²) >= 11 is 0. The van der Waals surface area contributed by atoms with Gasteiger partial charge in [0.2, 0.25) is 5.91 Å². The van der Waals surface area contributed by atoms with E-state index < -0.39 is 5.60 Å². The summed E-state index contributed by atoms with van der Waals surface area (Å²) in [4.78, 5) is 26.4. The first-order valence-corrected chi connectivity index (χ1v) is 10.5. The standard InChI is InChI=1S/C24H30N2O5/c1-24(2,3)31-23(29)26-12-11-19(15-26)25-22(28)14-18-13-20(27)9-10-21(18)30-16-17-7-5-4-6-8-17/h4-10,13,19,27H,11-12,14-16H2,1-3H3,(H,25,28)/t19-/m1/s1. The Morgan fingerprint density at radius 3 is 2.61 bits per heavy atom. The van der Waals surface area contributed by atoms with Gasteiger partial charge >= 0.3 is 6.09 Å². The van der Waals surface area contributed by atoms with Gasteiger partial charge in [0.25, 0.3) is 0 Å². The van der Waals surface area contributed by atoms with Gasteiger partial charge < -0.3 is 24.8 Å². The summed E-state index contributed by atoms with van der Waals surface area (Å²) in [5, 5.41) is 12.8. The lowest BCUT2D eigenvalue weighted by molar-refractivity contribution is -0.121. The van der Waals surface area contributed by atoms with Crippen molar-refractivity contribution in [2.75, 3.05) is 13.1 Å². The number of benzene rings is 2. The maximum atomic E-state index is 12.6. The Labute approximate surface area is 183 Å². The number of amides is 2. The summed E-state index contributed by atoms with van der Waals surface area (Å²) in [5.41, 5.74) is 1.07. The van der Waals surface area contributed by atoms with Crippen LogP contribution in [0.3, 0.4) is 0 Å². The molecule has 1 aliphatic heterocycles. The average molecular weight is 427 g/mol. The van der Waals surface area contributed by atoms with Crippen LogP contribution in [0.15, 0.2) is 48.5 Å². The SMILES string of the molecule is CC(C)(C)OC(=O)N1CC[C@@H](NC(=O)Cc2cc(O)ccc2OCc2ccccc2)C1. The normalized spacial score (nSPS) is 16.1. The highest BCUT2D eigenvalue weighted by Gasteiger charge is 2.30. The molecular formula is C24H30N2O5. The molecule has 0 radical (unpaired) electrons. The number of nitrogens with zero attached hydrogens (tertiary/aromatic N) is 1. The van der Waals surface area contributed by atoms with Crippen LogP contribution in [0, 0.1) is 0 Å². The number of rotatable bonds is 6. The molecule has 3 rings (SSSR count). The number of carbonyl (C=O) groups excluding carboxylic acids is 2. The zero-order chi connectivity index (χ0) is 22.4. The molecule has 7 heteroatoms. The minimum Gasteiger partial charge on any atom is -0.508 e. The highest BCUT2D eigenvalue weighted by Crippen LogP contribution is 2.25. The van der Waals surface area contributed by atoms with Crippen molar-refractivity contribution in [1.29, 1.82) is 0 Å². The molecule has 2 amide bonds. The summed E-state index contributed by atoms with van der Waals surface area (Å²) in [6.07, 6.45) is 0.373. The number of hydrogen-bond acceptors (Lipinski definition) is 5. The third-order valence-electron chi connectivity index (χ3n) is 4.84. The molecule has 1 fully saturated rings. The second-order valence-electron chi connectivity index (χ2n) is 8.72. The van der Waals surface area contributed by atoms with Crippen LogP contribution in [0.25, 0.3) is 0 Å². The summed E-state index contributed by atoms with van der Waals surface area (Å²) in [7, 11) is 0. The largest absolute Gasteiger partial charge is 0.508 e. The fourth-order valence-electron chi connectivity index (χ4n) is 3.40. The molecule has 31 heavy (non-hydrogen) atoms. The van der Waals surface area contributed by atoms with Crippen molar-refractivity contribution in [1.82, 2.24) is 10.2 Å². The van der Waals surface area contributed by atoms with Gasteiger partial charge in [-0.2, -0.15) is 0 Å². The number of aromatic hydroxyl groups is 1. The van der Waals surface area contributed by atoms with E-state index in [1.54, 1.807) is 17.0 Å². The zero-order valence-electron chi connectivity index (χ0n) is 18.3. The maximum Gasteiger partial charge on any atom is 0.410 e. The van der Waals surface area contributed by atoms with Crippen molar-refractivity contribution in [3.8, 4) is 11.5 Å². The Morgan fingerprint density at radius 1 is 1.16 bits per heavy atom. The molecule has 0 aliphatic carbocycles. The van der Waals surface area contributed by atoms with E-state index in [1.807, 2.05) is 51.1 Å². The molecule has 2 aromatic carbocycles. The predicted octanol–water partition coefficient (Wildman–Crippen LogP) is 3.64. The van der Waals surface area contributed by atoms with Gasteiger partial charge in [-0.05, 0) is 51.0 Å². The number of hydrogen-bond donors (Lipinski definition) is 2. The molecule has 1 aliphatic rings. The first kappa shape index (κ1) is 22.5. The second-order valence-corrected chi connectivity index (χ2v) is 8.72. The van der Waals surface area contributed by atoms with E-state index in [9.17, 15) is 14.7 Å². The van der Waals surface area contributed by atoms with Gasteiger partial charge in [-0.15, -0.1) is 0 Å². The number of phenols is 1. The number of phenolic OH excluding ortho intramolecular Hbond substituents is 1. The molecule has 1 heterocycles. The van der Waals surface area contributed by atoms with Crippen molar-refractivity contribution >= 4 is 12.0 Å². The highest BCUT2D eigenvalue weighted by atomic mass is 16.6. The Hall–Kier alpha value is -3.22. The van der Waals surface area contributed by atoms with Crippen molar-refractivity contribution < 1.29 is 24.2 Å². The highest BCUT2D eigenvalue weighted by molar-refractivity contribution is 5.80. The van der Waals surface area contributed by atoms with E-state index in [2.05, 4.69) is 5.32 Å². The molecule has 1 saturated heterocycles. The topological polar surface area (TPSA) is 88.1 Å². The van der Waals surface area contributed by atoms with E-state index in [1.165, 1.54) is 6.07 Å². The minimum absolute atomic E-state index is 0.0709. The quantitative estimate of drug-likeness (QED) is 0.736. The summed E-state index contributed by atoms with van der Waals surface area (Å²) in [6, 6.07) is 14.3. The molecule has 0 aromatic heterocycles. The molecule has 0 unspecified atom stereocenters. The van der Waals surface area contributed by atoms with Crippen LogP contribution >= 0.6 is 0 Å². The Balaban J connectivity index is 1.55. The molecule has 0 spiro atoms. The van der Waals surface area contributed by atoms with Crippen molar-refractivity contribution in [3.63, 3.8) is 0 Å². The summed E-state index contributed by atoms with van der Waals surface area (Å²) < 4.78 is 11.3. The Kier molecular flexibility index (Phi) is 7.05. The van der Waals surface area contributed by atoms with E-state index in [0.29, 0.717) is 37.4 Å². The predicted molar refractivity (Wildman–Crippen MR) is 117 cm³/mol. The fraction of sp³-hybridized carbons (Fsp3) is 0.417. The lowest BCUT2D eigenvalue weighted by Gasteiger charge is -2.24. The minimum atomic E-state index is -0.552. The van der Waals surface area contributed by atoms with Crippen LogP contribution < -0.4 is 10.1 Å². The van der Waals surface area contributed by atoms with Gasteiger partial charge in [-0.25, -0.2) is 4.79 Å². The lowest BCUT2D eigenvalue weighted by atomic mass is 10.1. The maximum absolute atomic E-state index is 12.6. The molecule has 166 valence electrons. The Bertz CT molecular complexity index is 908. The van der Waals surface area contributed by atoms with E-state index in [0.717, 1.165) is 5.56 Å². The van der Waals surface area contributed by atoms with Crippen LogP contribution in [-0.4, -0.2) is 46.7 Å². The van der Waals surface area contributed by atoms with Crippen molar-refractivity contribution in [2.24, 2.45) is 0 Å². The molecule has 2 aromatic rings. The van der Waals surface area contributed by atoms with Crippen molar-refractivity contribution in [3.05, 3.63) is 59.7 Å². The average Bonchev–Trinajstić information content (AvgIpc) is 3.15. The van der Waals surface area contributed by atoms with E-state index in [4.69, 9.17) is 9.47 Å². The molecule has 0 saturated carbocycles. The van der Waals surface area contributed by atoms with E-state index >= 15 is 0 Å². The Morgan fingerprint density at radius 2 is 1.90 bits per heavy atom. The number of carbonyl (C=O) groups is 2. The molecule has 0 bridgehead atoms. The second kappa shape index (κ2) is 9.73. The molecule has 7 nitrogen and oxygen atoms in total. The summed E-state index contributed by atoms with van der Waals surface area (Å²) in [6.45, 7) is 6.80. The zero-order valence-corrected chi connectivity index (χ0v) is 18.3. The molecular weight excluding hydrogens is 396 g/mol. The van der Waals surface area contributed by atoms with Crippen LogP contribution in [0.2, 0.25) is 0 Å². The third-order valence-corrected chi connectivity index (χ3v) is 4.84. The van der Waals surface area contributed by atoms with Gasteiger partial charge in [0.15, 0.2) is 0 Å². The van der Waals surface area contributed by atoms with Gasteiger partial charge in [0, 0.05) is 24.7 Å². The number of nitrogens with one attached hydrogen (secondary N) is 1. The van der Waals surface area contributed by atoms with E-state index in [-0.39, 0.29) is 30.2 Å². The molecule has 1 atom stereocenters. The smallest absolute Gasteiger partial charge is 0.410 e. The van der Waals surface area contributed by atoms with Crippen LogP contribution in [0.1, 0.15) is 38.3 Å². The van der Waals surface area contributed by atoms with Crippen LogP contribution in [-0.2, 0) is 22.6 Å². The number of ether oxygens (including phenoxy) is 2. The number of likely N-dealkylation sites (tertiary alicyclic amines) is 1.